The molecule has 0 aliphatic heterocycles. The van der Waals surface area contributed by atoms with Crippen molar-refractivity contribution in [2.24, 2.45) is 0 Å². The molecule has 0 saturated heterocycles. The van der Waals surface area contributed by atoms with E-state index in [2.05, 4.69) is 6.92 Å². The first kappa shape index (κ1) is 27.1. The second-order valence-corrected chi connectivity index (χ2v) is 3.78. The summed E-state index contributed by atoms with van der Waals surface area (Å²) in [6, 6.07) is 0. The van der Waals surface area contributed by atoms with E-state index in [0.717, 1.165) is 12.8 Å². The quantitative estimate of drug-likeness (QED) is 0.188. The predicted octanol–water partition coefficient (Wildman–Crippen LogP) is -2.71. The van der Waals surface area contributed by atoms with Crippen LogP contribution >= 0.6 is 0 Å². The van der Waals surface area contributed by atoms with E-state index in [1.54, 1.807) is 0 Å². The largest absolute Gasteiger partial charge is 2.00 e. The van der Waals surface area contributed by atoms with E-state index in [0.29, 0.717) is 12.7 Å². The molecule has 2 nitrogen and oxygen atoms in total. The minimum Gasteiger partial charge on any atom is -2.00 e. The zero-order chi connectivity index (χ0) is 10.6. The van der Waals surface area contributed by atoms with Crippen molar-refractivity contribution in [3.8, 4) is 0 Å². The Labute approximate surface area is 157 Å². The Hall–Kier alpha value is 1.69. The van der Waals surface area contributed by atoms with E-state index in [4.69, 9.17) is 0 Å². The van der Waals surface area contributed by atoms with Gasteiger partial charge in [-0.15, -0.1) is 0 Å². The molecule has 90 valence electrons. The van der Waals surface area contributed by atoms with Crippen LogP contribution in [0.15, 0.2) is 0 Å². The van der Waals surface area contributed by atoms with Crippen molar-refractivity contribution in [1.29, 1.82) is 0 Å². The summed E-state index contributed by atoms with van der Waals surface area (Å²) in [6.07, 6.45) is 9.92. The van der Waals surface area contributed by atoms with Crippen molar-refractivity contribution in [2.75, 3.05) is 0 Å². The van der Waals surface area contributed by atoms with Gasteiger partial charge in [0.2, 0.25) is 0 Å². The average molecular weight is 276 g/mol. The second kappa shape index (κ2) is 22.8. The van der Waals surface area contributed by atoms with Crippen LogP contribution in [0.4, 0.5) is 0 Å². The van der Waals surface area contributed by atoms with Crippen molar-refractivity contribution in [3.05, 3.63) is 0 Å². The number of rotatable bonds is 10. The number of aldehydes is 1. The third-order valence-corrected chi connectivity index (χ3v) is 2.37. The van der Waals surface area contributed by atoms with Crippen molar-refractivity contribution in [2.45, 2.75) is 64.7 Å². The SMILES string of the molecule is CCCCCCCCCC(=O)CC=O.[Na+].[Na+].[S-2]. The Bertz CT molecular complexity index is 167. The molecule has 5 heteroatoms. The van der Waals surface area contributed by atoms with Crippen LogP contribution in [0.3, 0.4) is 0 Å². The molecule has 0 amide bonds. The predicted molar refractivity (Wildman–Crippen MR) is 65.7 cm³/mol. The van der Waals surface area contributed by atoms with Gasteiger partial charge < -0.3 is 18.3 Å². The molecule has 0 aliphatic carbocycles. The van der Waals surface area contributed by atoms with Gasteiger partial charge in [-0.2, -0.15) is 0 Å². The molecule has 0 aromatic rings. The first-order chi connectivity index (χ1) is 6.81. The van der Waals surface area contributed by atoms with Gasteiger partial charge in [0, 0.05) is 6.42 Å². The number of unbranched alkanes of at least 4 members (excludes halogenated alkanes) is 6. The number of ketones is 1. The van der Waals surface area contributed by atoms with Crippen LogP contribution in [0, 0.1) is 0 Å². The van der Waals surface area contributed by atoms with Crippen LogP contribution in [-0.2, 0) is 23.1 Å². The minimum absolute atomic E-state index is 0. The van der Waals surface area contributed by atoms with Crippen LogP contribution in [0.5, 0.6) is 0 Å². The smallest absolute Gasteiger partial charge is 1.00 e. The van der Waals surface area contributed by atoms with E-state index < -0.39 is 0 Å². The minimum atomic E-state index is 0. The van der Waals surface area contributed by atoms with Gasteiger partial charge in [-0.05, 0) is 6.42 Å². The Morgan fingerprint density at radius 3 is 1.88 bits per heavy atom. The van der Waals surface area contributed by atoms with E-state index >= 15 is 0 Å². The standard InChI is InChI=1S/C12H22O2.2Na.S/c1-2-3-4-5-6-7-8-9-12(14)10-11-13;;;/h11H,2-10H2,1H3;;;/q;2*+1;-2. The van der Waals surface area contributed by atoms with Crippen molar-refractivity contribution in [3.63, 3.8) is 0 Å². The van der Waals surface area contributed by atoms with Crippen LogP contribution < -0.4 is 59.1 Å². The Morgan fingerprint density at radius 2 is 1.41 bits per heavy atom. The van der Waals surface area contributed by atoms with E-state index in [1.807, 2.05) is 0 Å². The maximum Gasteiger partial charge on any atom is 1.00 e. The Balaban J connectivity index is -0.000000282. The Kier molecular flexibility index (Phi) is 36.4. The third-order valence-electron chi connectivity index (χ3n) is 2.37. The fourth-order valence-corrected chi connectivity index (χ4v) is 1.47. The van der Waals surface area contributed by atoms with Crippen molar-refractivity contribution < 1.29 is 68.7 Å². The van der Waals surface area contributed by atoms with Gasteiger partial charge >= 0.3 is 59.1 Å². The van der Waals surface area contributed by atoms with Crippen molar-refractivity contribution >= 4 is 25.6 Å². The second-order valence-electron chi connectivity index (χ2n) is 3.78. The summed E-state index contributed by atoms with van der Waals surface area (Å²) in [5.41, 5.74) is 0. The van der Waals surface area contributed by atoms with Gasteiger partial charge in [0.1, 0.15) is 12.1 Å². The number of carbonyl (C=O) groups is 2. The molecule has 0 rings (SSSR count). The molecule has 0 heterocycles. The topological polar surface area (TPSA) is 34.1 Å². The average Bonchev–Trinajstić information content (AvgIpc) is 2.17. The fraction of sp³-hybridized carbons (Fsp3) is 0.833. The van der Waals surface area contributed by atoms with Gasteiger partial charge in [-0.1, -0.05) is 45.4 Å². The molecule has 0 aliphatic rings. The maximum atomic E-state index is 10.9. The molecule has 0 atom stereocenters. The van der Waals surface area contributed by atoms with Crippen LogP contribution in [0.1, 0.15) is 64.7 Å². The molecule has 17 heavy (non-hydrogen) atoms. The molecule has 0 aromatic heterocycles. The first-order valence-electron chi connectivity index (χ1n) is 5.76. The number of carbonyl (C=O) groups excluding carboxylic acids is 2. The third kappa shape index (κ3) is 23.2. The number of hydrogen-bond acceptors (Lipinski definition) is 2. The maximum absolute atomic E-state index is 10.9. The molecular formula is C12H22Na2O2S. The molecule has 0 N–H and O–H groups in total. The molecular weight excluding hydrogens is 254 g/mol. The first-order valence-corrected chi connectivity index (χ1v) is 5.76. The van der Waals surface area contributed by atoms with E-state index in [-0.39, 0.29) is 84.8 Å². The monoisotopic (exact) mass is 276 g/mol. The molecule has 0 unspecified atom stereocenters. The van der Waals surface area contributed by atoms with Crippen LogP contribution in [0.25, 0.3) is 0 Å². The number of hydrogen-bond donors (Lipinski definition) is 0. The van der Waals surface area contributed by atoms with Gasteiger partial charge in [-0.25, -0.2) is 0 Å². The normalized spacial score (nSPS) is 8.29. The molecule has 0 bridgehead atoms. The van der Waals surface area contributed by atoms with Crippen LogP contribution in [0.2, 0.25) is 0 Å². The molecule has 0 fully saturated rings. The van der Waals surface area contributed by atoms with Gasteiger partial charge in [0.05, 0.1) is 6.42 Å². The van der Waals surface area contributed by atoms with Gasteiger partial charge in [-0.3, -0.25) is 4.79 Å². The van der Waals surface area contributed by atoms with Crippen molar-refractivity contribution in [1.82, 2.24) is 0 Å². The summed E-state index contributed by atoms with van der Waals surface area (Å²) in [4.78, 5) is 20.9. The fourth-order valence-electron chi connectivity index (χ4n) is 1.47. The molecule has 0 radical (unpaired) electrons. The Morgan fingerprint density at radius 1 is 0.941 bits per heavy atom. The summed E-state index contributed by atoms with van der Waals surface area (Å²) in [7, 11) is 0. The summed E-state index contributed by atoms with van der Waals surface area (Å²) in [6.45, 7) is 2.21. The summed E-state index contributed by atoms with van der Waals surface area (Å²) in [5.74, 6) is 0.0913. The van der Waals surface area contributed by atoms with E-state index in [9.17, 15) is 9.59 Å². The van der Waals surface area contributed by atoms with Crippen LogP contribution in [-0.4, -0.2) is 12.1 Å². The molecule has 0 aromatic carbocycles. The molecule has 0 saturated carbocycles. The summed E-state index contributed by atoms with van der Waals surface area (Å²) >= 11 is 0. The van der Waals surface area contributed by atoms with Gasteiger partial charge in [0.25, 0.3) is 0 Å². The molecule has 0 spiro atoms. The van der Waals surface area contributed by atoms with E-state index in [1.165, 1.54) is 32.1 Å². The zero-order valence-electron chi connectivity index (χ0n) is 11.7. The summed E-state index contributed by atoms with van der Waals surface area (Å²) < 4.78 is 0. The zero-order valence-corrected chi connectivity index (χ0v) is 16.5. The number of Topliss-reactive ketones (excluding diaryl/α,β-unsaturated/α-hetero) is 1. The summed E-state index contributed by atoms with van der Waals surface area (Å²) in [5, 5.41) is 0. The van der Waals surface area contributed by atoms with Gasteiger partial charge in [0.15, 0.2) is 0 Å².